The number of methoxy groups -OCH3 is 1. The Morgan fingerprint density at radius 2 is 1.94 bits per heavy atom. The fourth-order valence-electron chi connectivity index (χ4n) is 4.02. The van der Waals surface area contributed by atoms with Crippen LogP contribution >= 0.6 is 11.6 Å². The van der Waals surface area contributed by atoms with Crippen LogP contribution in [-0.2, 0) is 27.2 Å². The lowest BCUT2D eigenvalue weighted by Crippen LogP contribution is -2.48. The summed E-state index contributed by atoms with van der Waals surface area (Å²) in [4.78, 5) is 50.6. The molecule has 0 saturated carbocycles. The number of carbonyl (C=O) groups is 4. The molecule has 1 aliphatic heterocycles. The maximum absolute atomic E-state index is 13.3. The number of imide groups is 1. The topological polar surface area (TPSA) is 125 Å². The molecule has 2 aromatic rings. The van der Waals surface area contributed by atoms with E-state index >= 15 is 0 Å². The average molecular weight is 502 g/mol. The fraction of sp³-hybridized carbons (Fsp3) is 0.360. The minimum absolute atomic E-state index is 0.0827. The van der Waals surface area contributed by atoms with Gasteiger partial charge in [-0.3, -0.25) is 19.3 Å². The maximum atomic E-state index is 13.3. The van der Waals surface area contributed by atoms with Gasteiger partial charge < -0.3 is 20.5 Å². The number of benzene rings is 2. The molecule has 2 aromatic carbocycles. The lowest BCUT2D eigenvalue weighted by atomic mass is 9.97. The van der Waals surface area contributed by atoms with Crippen molar-refractivity contribution >= 4 is 35.4 Å². The van der Waals surface area contributed by atoms with Gasteiger partial charge in [-0.1, -0.05) is 42.8 Å². The Morgan fingerprint density at radius 3 is 2.57 bits per heavy atom. The number of amides is 4. The summed E-state index contributed by atoms with van der Waals surface area (Å²) in [7, 11) is 1.52. The number of hydrogen-bond donors (Lipinski definition) is 3. The number of urea groups is 1. The molecule has 1 heterocycles. The van der Waals surface area contributed by atoms with Crippen molar-refractivity contribution in [2.45, 2.75) is 32.2 Å². The third-order valence-corrected chi connectivity index (χ3v) is 6.10. The van der Waals surface area contributed by atoms with Gasteiger partial charge >= 0.3 is 12.0 Å². The van der Waals surface area contributed by atoms with E-state index in [4.69, 9.17) is 21.4 Å². The molecule has 0 bridgehead atoms. The molecule has 186 valence electrons. The monoisotopic (exact) mass is 501 g/mol. The molecule has 0 spiro atoms. The summed E-state index contributed by atoms with van der Waals surface area (Å²) >= 11 is 6.11. The Balaban J connectivity index is 1.76. The van der Waals surface area contributed by atoms with Crippen molar-refractivity contribution < 1.29 is 29.0 Å². The van der Waals surface area contributed by atoms with Crippen molar-refractivity contribution in [3.8, 4) is 5.75 Å². The first-order valence-electron chi connectivity index (χ1n) is 11.2. The van der Waals surface area contributed by atoms with Crippen molar-refractivity contribution in [2.75, 3.05) is 20.2 Å². The predicted octanol–water partition coefficient (Wildman–Crippen LogP) is 2.95. The predicted molar refractivity (Wildman–Crippen MR) is 129 cm³/mol. The van der Waals surface area contributed by atoms with Gasteiger partial charge in [0.25, 0.3) is 0 Å². The van der Waals surface area contributed by atoms with Crippen LogP contribution in [0.1, 0.15) is 36.1 Å². The molecule has 1 aliphatic rings. The number of ether oxygens (including phenoxy) is 1. The van der Waals surface area contributed by atoms with Crippen LogP contribution in [0.25, 0.3) is 0 Å². The molecule has 9 nitrogen and oxygen atoms in total. The van der Waals surface area contributed by atoms with Gasteiger partial charge in [-0.25, -0.2) is 4.79 Å². The van der Waals surface area contributed by atoms with Gasteiger partial charge in [0.05, 0.1) is 25.5 Å². The van der Waals surface area contributed by atoms with Gasteiger partial charge in [0, 0.05) is 11.6 Å². The van der Waals surface area contributed by atoms with E-state index in [1.165, 1.54) is 7.11 Å². The van der Waals surface area contributed by atoms with Gasteiger partial charge in [0.2, 0.25) is 11.8 Å². The number of carboxylic acid groups (broad SMARTS) is 1. The minimum atomic E-state index is -0.930. The molecule has 0 radical (unpaired) electrons. The molecule has 10 heteroatoms. The largest absolute Gasteiger partial charge is 0.496 e. The summed E-state index contributed by atoms with van der Waals surface area (Å²) in [6.07, 6.45) is 0.663. The molecule has 1 saturated heterocycles. The standard InChI is InChI=1S/C25H28ClN3O6/c1-3-20(16-6-4-15(5-7-16)10-23(31)32)28-25(34)29-14-22(30)27-13-18(24(29)33)11-17-12-19(26)8-9-21(17)35-2/h4-9,12,18,20H,3,10-11,13-14H2,1-2H3,(H,27,30)(H,28,34)(H,31,32)/t18-,20?/m1/s1. The van der Waals surface area contributed by atoms with E-state index in [9.17, 15) is 19.2 Å². The highest BCUT2D eigenvalue weighted by molar-refractivity contribution is 6.30. The van der Waals surface area contributed by atoms with Gasteiger partial charge in [0.15, 0.2) is 0 Å². The molecule has 35 heavy (non-hydrogen) atoms. The van der Waals surface area contributed by atoms with Crippen LogP contribution in [0.3, 0.4) is 0 Å². The highest BCUT2D eigenvalue weighted by Crippen LogP contribution is 2.26. The molecule has 1 fully saturated rings. The first-order chi connectivity index (χ1) is 16.7. The highest BCUT2D eigenvalue weighted by atomic mass is 35.5. The number of carbonyl (C=O) groups excluding carboxylic acids is 3. The van der Waals surface area contributed by atoms with Gasteiger partial charge in [-0.15, -0.1) is 0 Å². The van der Waals surface area contributed by atoms with E-state index < -0.39 is 35.8 Å². The Hall–Kier alpha value is -3.59. The molecule has 2 atom stereocenters. The lowest BCUT2D eigenvalue weighted by molar-refractivity contribution is -0.136. The summed E-state index contributed by atoms with van der Waals surface area (Å²) in [6, 6.07) is 10.9. The number of hydrogen-bond acceptors (Lipinski definition) is 5. The number of aliphatic carboxylic acids is 1. The number of nitrogens with one attached hydrogen (secondary N) is 2. The first kappa shape index (κ1) is 26.0. The second kappa shape index (κ2) is 11.7. The van der Waals surface area contributed by atoms with Crippen molar-refractivity contribution in [1.29, 1.82) is 0 Å². The van der Waals surface area contributed by atoms with E-state index in [1.807, 2.05) is 6.92 Å². The zero-order chi connectivity index (χ0) is 25.5. The Bertz CT molecular complexity index is 1100. The van der Waals surface area contributed by atoms with Gasteiger partial charge in [-0.2, -0.15) is 0 Å². The van der Waals surface area contributed by atoms with Crippen molar-refractivity contribution in [3.05, 3.63) is 64.2 Å². The zero-order valence-electron chi connectivity index (χ0n) is 19.5. The summed E-state index contributed by atoms with van der Waals surface area (Å²) < 4.78 is 5.37. The lowest BCUT2D eigenvalue weighted by Gasteiger charge is -2.25. The smallest absolute Gasteiger partial charge is 0.325 e. The first-order valence-corrected chi connectivity index (χ1v) is 11.6. The summed E-state index contributed by atoms with van der Waals surface area (Å²) in [6.45, 7) is 1.57. The van der Waals surface area contributed by atoms with Crippen LogP contribution in [0.2, 0.25) is 5.02 Å². The van der Waals surface area contributed by atoms with Gasteiger partial charge in [-0.05, 0) is 47.7 Å². The van der Waals surface area contributed by atoms with E-state index in [1.54, 1.807) is 42.5 Å². The molecule has 0 aromatic heterocycles. The van der Waals surface area contributed by atoms with Crippen LogP contribution in [0.4, 0.5) is 4.79 Å². The van der Waals surface area contributed by atoms with Crippen molar-refractivity contribution in [2.24, 2.45) is 5.92 Å². The highest BCUT2D eigenvalue weighted by Gasteiger charge is 2.35. The van der Waals surface area contributed by atoms with Crippen molar-refractivity contribution in [3.63, 3.8) is 0 Å². The van der Waals surface area contributed by atoms with E-state index in [2.05, 4.69) is 10.6 Å². The van der Waals surface area contributed by atoms with Crippen LogP contribution in [0.15, 0.2) is 42.5 Å². The van der Waals surface area contributed by atoms with Crippen molar-refractivity contribution in [1.82, 2.24) is 15.5 Å². The third-order valence-electron chi connectivity index (χ3n) is 5.86. The molecule has 3 rings (SSSR count). The summed E-state index contributed by atoms with van der Waals surface area (Å²) in [5, 5.41) is 15.0. The minimum Gasteiger partial charge on any atom is -0.496 e. The second-order valence-electron chi connectivity index (χ2n) is 8.31. The van der Waals surface area contributed by atoms with E-state index in [-0.39, 0.29) is 25.9 Å². The molecule has 1 unspecified atom stereocenters. The normalized spacial score (nSPS) is 16.8. The number of rotatable bonds is 8. The van der Waals surface area contributed by atoms with Crippen LogP contribution in [0.5, 0.6) is 5.75 Å². The summed E-state index contributed by atoms with van der Waals surface area (Å²) in [5.74, 6) is -1.96. The SMILES string of the molecule is CCC(NC(=O)N1CC(=O)NC[C@@H](Cc2cc(Cl)ccc2OC)C1=O)c1ccc(CC(=O)O)cc1. The number of halogens is 1. The van der Waals surface area contributed by atoms with Crippen LogP contribution in [-0.4, -0.2) is 54.0 Å². The van der Waals surface area contributed by atoms with E-state index in [0.717, 1.165) is 10.5 Å². The van der Waals surface area contributed by atoms with Crippen LogP contribution in [0, 0.1) is 5.92 Å². The Morgan fingerprint density at radius 1 is 1.23 bits per heavy atom. The Labute approximate surface area is 208 Å². The second-order valence-corrected chi connectivity index (χ2v) is 8.74. The quantitative estimate of drug-likeness (QED) is 0.510. The maximum Gasteiger partial charge on any atom is 0.325 e. The average Bonchev–Trinajstić information content (AvgIpc) is 2.96. The molecule has 0 aliphatic carbocycles. The van der Waals surface area contributed by atoms with Crippen LogP contribution < -0.4 is 15.4 Å². The van der Waals surface area contributed by atoms with Gasteiger partial charge in [0.1, 0.15) is 12.3 Å². The zero-order valence-corrected chi connectivity index (χ0v) is 20.3. The van der Waals surface area contributed by atoms with E-state index in [0.29, 0.717) is 28.3 Å². The Kier molecular flexibility index (Phi) is 8.70. The number of carboxylic acids is 1. The molecule has 3 N–H and O–H groups in total. The fourth-order valence-corrected chi connectivity index (χ4v) is 4.21. The third kappa shape index (κ3) is 6.73. The summed E-state index contributed by atoms with van der Waals surface area (Å²) in [5.41, 5.74) is 2.10. The molecular weight excluding hydrogens is 474 g/mol. The molecule has 4 amide bonds. The number of nitrogens with zero attached hydrogens (tertiary/aromatic N) is 1. The molecular formula is C25H28ClN3O6.